The van der Waals surface area contributed by atoms with Gasteiger partial charge in [-0.3, -0.25) is 4.79 Å². The van der Waals surface area contributed by atoms with Gasteiger partial charge in [0, 0.05) is 18.7 Å². The number of imidazole rings is 1. The third-order valence-corrected chi connectivity index (χ3v) is 6.36. The quantitative estimate of drug-likeness (QED) is 0.270. The van der Waals surface area contributed by atoms with E-state index in [0.29, 0.717) is 28.9 Å². The van der Waals surface area contributed by atoms with E-state index < -0.39 is 5.97 Å². The van der Waals surface area contributed by atoms with Crippen molar-refractivity contribution in [1.82, 2.24) is 14.9 Å². The van der Waals surface area contributed by atoms with E-state index in [9.17, 15) is 19.8 Å². The molecule has 1 amide bonds. The van der Waals surface area contributed by atoms with Crippen molar-refractivity contribution in [3.05, 3.63) is 114 Å². The van der Waals surface area contributed by atoms with Gasteiger partial charge in [-0.1, -0.05) is 48.5 Å². The summed E-state index contributed by atoms with van der Waals surface area (Å²) in [6.45, 7) is 0.862. The van der Waals surface area contributed by atoms with Gasteiger partial charge in [-0.15, -0.1) is 0 Å². The van der Waals surface area contributed by atoms with Crippen LogP contribution in [0.3, 0.4) is 0 Å². The molecule has 4 aromatic carbocycles. The van der Waals surface area contributed by atoms with E-state index in [0.717, 1.165) is 22.2 Å². The number of nitrogens with zero attached hydrogens (tertiary/aromatic N) is 2. The maximum absolute atomic E-state index is 12.7. The molecule has 0 saturated carbocycles. The minimum Gasteiger partial charge on any atom is -0.504 e. The Balaban J connectivity index is 1.28. The number of carbonyl (C=O) groups is 2. The molecule has 0 aliphatic rings. The van der Waals surface area contributed by atoms with E-state index in [2.05, 4.69) is 10.3 Å². The molecular formula is C30H25N3O5. The average molecular weight is 508 g/mol. The number of phenolic OH excluding ortho intramolecular Hbond substituents is 1. The monoisotopic (exact) mass is 507 g/mol. The van der Waals surface area contributed by atoms with E-state index in [1.165, 1.54) is 13.2 Å². The van der Waals surface area contributed by atoms with Crippen LogP contribution in [0.5, 0.6) is 11.5 Å². The van der Waals surface area contributed by atoms with Crippen molar-refractivity contribution < 1.29 is 24.5 Å². The first-order valence-corrected chi connectivity index (χ1v) is 11.9. The minimum atomic E-state index is -0.955. The number of carboxylic acid groups (broad SMARTS) is 1. The smallest absolute Gasteiger partial charge is 0.336 e. The Kier molecular flexibility index (Phi) is 6.78. The van der Waals surface area contributed by atoms with Crippen molar-refractivity contribution in [2.75, 3.05) is 7.11 Å². The Morgan fingerprint density at radius 3 is 2.47 bits per heavy atom. The molecule has 8 heteroatoms. The van der Waals surface area contributed by atoms with Gasteiger partial charge in [0.25, 0.3) is 5.91 Å². The topological polar surface area (TPSA) is 114 Å². The lowest BCUT2D eigenvalue weighted by atomic mass is 9.99. The first-order chi connectivity index (χ1) is 18.4. The van der Waals surface area contributed by atoms with Crippen LogP contribution in [0.2, 0.25) is 0 Å². The average Bonchev–Trinajstić information content (AvgIpc) is 3.34. The first-order valence-electron chi connectivity index (χ1n) is 11.9. The maximum Gasteiger partial charge on any atom is 0.336 e. The third-order valence-electron chi connectivity index (χ3n) is 6.36. The van der Waals surface area contributed by atoms with Crippen LogP contribution in [0.4, 0.5) is 0 Å². The number of aromatic nitrogens is 2. The molecule has 0 aliphatic carbocycles. The van der Waals surface area contributed by atoms with Gasteiger partial charge in [0.2, 0.25) is 0 Å². The number of phenols is 1. The molecule has 5 rings (SSSR count). The Morgan fingerprint density at radius 1 is 0.947 bits per heavy atom. The minimum absolute atomic E-state index is 0.0445. The highest BCUT2D eigenvalue weighted by Gasteiger charge is 2.12. The number of methoxy groups -OCH3 is 1. The van der Waals surface area contributed by atoms with Crippen LogP contribution in [-0.4, -0.2) is 38.8 Å². The molecule has 1 aromatic heterocycles. The van der Waals surface area contributed by atoms with Gasteiger partial charge in [-0.25, -0.2) is 9.78 Å². The third kappa shape index (κ3) is 5.05. The predicted molar refractivity (Wildman–Crippen MR) is 144 cm³/mol. The zero-order valence-electron chi connectivity index (χ0n) is 20.6. The van der Waals surface area contributed by atoms with Crippen LogP contribution < -0.4 is 10.1 Å². The summed E-state index contributed by atoms with van der Waals surface area (Å²) in [5.41, 5.74) is 5.71. The van der Waals surface area contributed by atoms with Crippen LogP contribution in [0.15, 0.2) is 91.3 Å². The van der Waals surface area contributed by atoms with E-state index >= 15 is 0 Å². The van der Waals surface area contributed by atoms with E-state index in [-0.39, 0.29) is 23.8 Å². The maximum atomic E-state index is 12.7. The summed E-state index contributed by atoms with van der Waals surface area (Å²) in [4.78, 5) is 28.8. The molecule has 0 fully saturated rings. The molecule has 8 nitrogen and oxygen atoms in total. The van der Waals surface area contributed by atoms with Gasteiger partial charge in [0.1, 0.15) is 0 Å². The Labute approximate surface area is 218 Å². The van der Waals surface area contributed by atoms with Crippen molar-refractivity contribution in [3.8, 4) is 22.6 Å². The number of amides is 1. The lowest BCUT2D eigenvalue weighted by Crippen LogP contribution is -2.22. The summed E-state index contributed by atoms with van der Waals surface area (Å²) < 4.78 is 7.11. The SMILES string of the molecule is COc1cc(CNC(=O)c2ccc3c(c2)ncn3Cc2ccc(-c3ccccc3C(=O)O)cc2)ccc1O. The fourth-order valence-electron chi connectivity index (χ4n) is 4.36. The molecule has 5 aromatic rings. The Hall–Kier alpha value is -5.11. The fraction of sp³-hybridized carbons (Fsp3) is 0.100. The lowest BCUT2D eigenvalue weighted by molar-refractivity contribution is 0.0697. The number of fused-ring (bicyclic) bond motifs is 1. The number of benzene rings is 4. The van der Waals surface area contributed by atoms with Gasteiger partial charge in [-0.05, 0) is 58.7 Å². The molecule has 0 bridgehead atoms. The molecule has 38 heavy (non-hydrogen) atoms. The number of carboxylic acids is 1. The number of ether oxygens (including phenoxy) is 1. The second kappa shape index (κ2) is 10.5. The molecule has 0 atom stereocenters. The highest BCUT2D eigenvalue weighted by molar-refractivity contribution is 5.97. The zero-order chi connectivity index (χ0) is 26.6. The molecule has 1 heterocycles. The second-order valence-corrected chi connectivity index (χ2v) is 8.81. The molecule has 190 valence electrons. The van der Waals surface area contributed by atoms with Crippen LogP contribution >= 0.6 is 0 Å². The van der Waals surface area contributed by atoms with Crippen molar-refractivity contribution in [1.29, 1.82) is 0 Å². The number of aromatic hydroxyl groups is 1. The van der Waals surface area contributed by atoms with Crippen molar-refractivity contribution in [2.45, 2.75) is 13.1 Å². The molecule has 0 saturated heterocycles. The van der Waals surface area contributed by atoms with Gasteiger partial charge < -0.3 is 24.8 Å². The van der Waals surface area contributed by atoms with Crippen molar-refractivity contribution >= 4 is 22.9 Å². The number of hydrogen-bond donors (Lipinski definition) is 3. The highest BCUT2D eigenvalue weighted by atomic mass is 16.5. The largest absolute Gasteiger partial charge is 0.504 e. The summed E-state index contributed by atoms with van der Waals surface area (Å²) in [7, 11) is 1.47. The lowest BCUT2D eigenvalue weighted by Gasteiger charge is -2.09. The number of hydrogen-bond acceptors (Lipinski definition) is 5. The fourth-order valence-corrected chi connectivity index (χ4v) is 4.36. The summed E-state index contributed by atoms with van der Waals surface area (Å²) in [6.07, 6.45) is 1.74. The number of rotatable bonds is 8. The van der Waals surface area contributed by atoms with E-state index in [1.807, 2.05) is 41.0 Å². The number of carbonyl (C=O) groups excluding carboxylic acids is 1. The molecule has 0 unspecified atom stereocenters. The van der Waals surface area contributed by atoms with Gasteiger partial charge in [0.15, 0.2) is 11.5 Å². The Morgan fingerprint density at radius 2 is 1.71 bits per heavy atom. The van der Waals surface area contributed by atoms with E-state index in [1.54, 1.807) is 48.8 Å². The van der Waals surface area contributed by atoms with Crippen LogP contribution in [0, 0.1) is 0 Å². The van der Waals surface area contributed by atoms with Gasteiger partial charge in [-0.2, -0.15) is 0 Å². The zero-order valence-corrected chi connectivity index (χ0v) is 20.6. The van der Waals surface area contributed by atoms with Crippen molar-refractivity contribution in [2.24, 2.45) is 0 Å². The standard InChI is InChI=1S/C30H25N3O5/c1-38-28-14-20(8-13-27(28)34)16-31-29(35)22-11-12-26-25(15-22)32-18-33(26)17-19-6-9-21(10-7-19)23-4-2-3-5-24(23)30(36)37/h2-15,18,34H,16-17H2,1H3,(H,31,35)(H,36,37). The normalized spacial score (nSPS) is 10.9. The van der Waals surface area contributed by atoms with Crippen LogP contribution in [0.25, 0.3) is 22.2 Å². The summed E-state index contributed by atoms with van der Waals surface area (Å²) in [5, 5.41) is 22.1. The summed E-state index contributed by atoms with van der Waals surface area (Å²) in [5.74, 6) is -0.791. The predicted octanol–water partition coefficient (Wildman–Crippen LogP) is 5.09. The Bertz CT molecular complexity index is 1640. The van der Waals surface area contributed by atoms with Crippen LogP contribution in [-0.2, 0) is 13.1 Å². The van der Waals surface area contributed by atoms with E-state index in [4.69, 9.17) is 4.74 Å². The molecule has 0 aliphatic heterocycles. The molecule has 3 N–H and O–H groups in total. The van der Waals surface area contributed by atoms with Crippen molar-refractivity contribution in [3.63, 3.8) is 0 Å². The highest BCUT2D eigenvalue weighted by Crippen LogP contribution is 2.27. The summed E-state index contributed by atoms with van der Waals surface area (Å²) in [6, 6.07) is 25.0. The number of nitrogens with one attached hydrogen (secondary N) is 1. The first kappa shape index (κ1) is 24.6. The molecule has 0 spiro atoms. The molecule has 0 radical (unpaired) electrons. The molecular weight excluding hydrogens is 482 g/mol. The van der Waals surface area contributed by atoms with Gasteiger partial charge >= 0.3 is 5.97 Å². The number of aromatic carboxylic acids is 1. The second-order valence-electron chi connectivity index (χ2n) is 8.81. The van der Waals surface area contributed by atoms with Gasteiger partial charge in [0.05, 0.1) is 30.0 Å². The summed E-state index contributed by atoms with van der Waals surface area (Å²) >= 11 is 0. The van der Waals surface area contributed by atoms with Crippen LogP contribution in [0.1, 0.15) is 31.8 Å².